The zero-order valence-electron chi connectivity index (χ0n) is 11.7. The molecule has 1 saturated heterocycles. The minimum Gasteiger partial charge on any atom is -0.395 e. The number of nitrogens with one attached hydrogen (secondary N) is 1. The molecule has 17 heavy (non-hydrogen) atoms. The second kappa shape index (κ2) is 5.36. The number of hydrogen-bond acceptors (Lipinski definition) is 3. The van der Waals surface area contributed by atoms with Crippen molar-refractivity contribution in [1.82, 2.24) is 10.2 Å². The standard InChI is InChI=1S/C13H26N2O2/c1-9-6-7-15(11(9)8-16)10(2)12(17)14-13(3,4)5/h9-11,16H,6-8H2,1-5H3,(H,14,17). The monoisotopic (exact) mass is 242 g/mol. The number of likely N-dealkylation sites (tertiary alicyclic amines) is 1. The molecule has 0 spiro atoms. The Labute approximate surface area is 104 Å². The molecule has 1 aliphatic heterocycles. The van der Waals surface area contributed by atoms with Crippen molar-refractivity contribution in [2.75, 3.05) is 13.2 Å². The van der Waals surface area contributed by atoms with Crippen LogP contribution in [0.25, 0.3) is 0 Å². The van der Waals surface area contributed by atoms with Crippen molar-refractivity contribution in [1.29, 1.82) is 0 Å². The lowest BCUT2D eigenvalue weighted by Gasteiger charge is -2.32. The number of rotatable bonds is 3. The summed E-state index contributed by atoms with van der Waals surface area (Å²) in [6, 6.07) is -0.0490. The van der Waals surface area contributed by atoms with Crippen molar-refractivity contribution in [2.24, 2.45) is 5.92 Å². The maximum absolute atomic E-state index is 12.1. The molecule has 0 aromatic rings. The molecule has 3 atom stereocenters. The second-order valence-corrected chi connectivity index (χ2v) is 6.17. The number of carbonyl (C=O) groups excluding carboxylic acids is 1. The molecule has 0 aromatic heterocycles. The van der Waals surface area contributed by atoms with Gasteiger partial charge in [-0.05, 0) is 46.6 Å². The highest BCUT2D eigenvalue weighted by Crippen LogP contribution is 2.25. The van der Waals surface area contributed by atoms with Crippen molar-refractivity contribution in [3.05, 3.63) is 0 Å². The van der Waals surface area contributed by atoms with E-state index in [2.05, 4.69) is 17.1 Å². The summed E-state index contributed by atoms with van der Waals surface area (Å²) in [7, 11) is 0. The molecule has 1 heterocycles. The van der Waals surface area contributed by atoms with Gasteiger partial charge in [-0.1, -0.05) is 6.92 Å². The zero-order chi connectivity index (χ0) is 13.2. The van der Waals surface area contributed by atoms with Gasteiger partial charge in [0.2, 0.25) is 5.91 Å². The maximum atomic E-state index is 12.1. The molecule has 0 saturated carbocycles. The van der Waals surface area contributed by atoms with Gasteiger partial charge in [0.25, 0.3) is 0 Å². The number of nitrogens with zero attached hydrogens (tertiary/aromatic N) is 1. The summed E-state index contributed by atoms with van der Waals surface area (Å²) in [6.45, 7) is 11.0. The van der Waals surface area contributed by atoms with Crippen LogP contribution in [0.5, 0.6) is 0 Å². The number of aliphatic hydroxyl groups is 1. The van der Waals surface area contributed by atoms with Crippen molar-refractivity contribution >= 4 is 5.91 Å². The predicted octanol–water partition coefficient (Wildman–Crippen LogP) is 0.992. The van der Waals surface area contributed by atoms with Crippen molar-refractivity contribution in [2.45, 2.75) is 58.7 Å². The van der Waals surface area contributed by atoms with E-state index in [0.29, 0.717) is 5.92 Å². The Morgan fingerprint density at radius 1 is 1.53 bits per heavy atom. The van der Waals surface area contributed by atoms with Crippen molar-refractivity contribution < 1.29 is 9.90 Å². The van der Waals surface area contributed by atoms with E-state index in [-0.39, 0.29) is 30.1 Å². The highest BCUT2D eigenvalue weighted by atomic mass is 16.3. The number of amides is 1. The Balaban J connectivity index is 2.63. The summed E-state index contributed by atoms with van der Waals surface area (Å²) in [6.07, 6.45) is 1.05. The fourth-order valence-electron chi connectivity index (χ4n) is 2.43. The third-order valence-corrected chi connectivity index (χ3v) is 3.49. The molecule has 2 N–H and O–H groups in total. The molecule has 4 nitrogen and oxygen atoms in total. The van der Waals surface area contributed by atoms with Crippen LogP contribution in [0.3, 0.4) is 0 Å². The van der Waals surface area contributed by atoms with E-state index in [4.69, 9.17) is 0 Å². The van der Waals surface area contributed by atoms with E-state index >= 15 is 0 Å². The van der Waals surface area contributed by atoms with Crippen LogP contribution in [-0.2, 0) is 4.79 Å². The molecule has 3 unspecified atom stereocenters. The fourth-order valence-corrected chi connectivity index (χ4v) is 2.43. The number of aliphatic hydroxyl groups excluding tert-OH is 1. The third-order valence-electron chi connectivity index (χ3n) is 3.49. The summed E-state index contributed by atoms with van der Waals surface area (Å²) < 4.78 is 0. The van der Waals surface area contributed by atoms with Gasteiger partial charge in [-0.3, -0.25) is 9.69 Å². The summed E-state index contributed by atoms with van der Waals surface area (Å²) >= 11 is 0. The average molecular weight is 242 g/mol. The lowest BCUT2D eigenvalue weighted by Crippen LogP contribution is -2.53. The Kier molecular flexibility index (Phi) is 4.55. The number of carbonyl (C=O) groups is 1. The maximum Gasteiger partial charge on any atom is 0.237 e. The van der Waals surface area contributed by atoms with Crippen LogP contribution < -0.4 is 5.32 Å². The molecule has 1 amide bonds. The molecular formula is C13H26N2O2. The Bertz CT molecular complexity index is 273. The lowest BCUT2D eigenvalue weighted by atomic mass is 10.0. The van der Waals surface area contributed by atoms with E-state index < -0.39 is 0 Å². The van der Waals surface area contributed by atoms with Gasteiger partial charge in [0.15, 0.2) is 0 Å². The molecule has 0 radical (unpaired) electrons. The fraction of sp³-hybridized carbons (Fsp3) is 0.923. The van der Waals surface area contributed by atoms with E-state index in [1.165, 1.54) is 0 Å². The smallest absolute Gasteiger partial charge is 0.237 e. The Morgan fingerprint density at radius 3 is 2.59 bits per heavy atom. The normalized spacial score (nSPS) is 28.1. The largest absolute Gasteiger partial charge is 0.395 e. The molecule has 0 bridgehead atoms. The van der Waals surface area contributed by atoms with Crippen molar-refractivity contribution in [3.8, 4) is 0 Å². The first-order valence-electron chi connectivity index (χ1n) is 6.45. The van der Waals surface area contributed by atoms with Gasteiger partial charge in [-0.25, -0.2) is 0 Å². The van der Waals surface area contributed by atoms with Crippen LogP contribution in [0.2, 0.25) is 0 Å². The Hall–Kier alpha value is -0.610. The first kappa shape index (κ1) is 14.5. The second-order valence-electron chi connectivity index (χ2n) is 6.17. The van der Waals surface area contributed by atoms with Crippen LogP contribution in [0.1, 0.15) is 41.0 Å². The summed E-state index contributed by atoms with van der Waals surface area (Å²) in [5, 5.41) is 12.4. The quantitative estimate of drug-likeness (QED) is 0.776. The average Bonchev–Trinajstić information content (AvgIpc) is 2.55. The minimum absolute atomic E-state index is 0.0463. The molecule has 100 valence electrons. The Morgan fingerprint density at radius 2 is 2.12 bits per heavy atom. The minimum atomic E-state index is -0.203. The number of hydrogen-bond donors (Lipinski definition) is 2. The van der Waals surface area contributed by atoms with Gasteiger partial charge in [0.05, 0.1) is 12.6 Å². The third kappa shape index (κ3) is 3.68. The lowest BCUT2D eigenvalue weighted by molar-refractivity contribution is -0.128. The summed E-state index contributed by atoms with van der Waals surface area (Å²) in [4.78, 5) is 14.2. The molecular weight excluding hydrogens is 216 g/mol. The van der Waals surface area contributed by atoms with Gasteiger partial charge in [0, 0.05) is 11.6 Å². The molecule has 1 aliphatic rings. The van der Waals surface area contributed by atoms with E-state index in [1.54, 1.807) is 0 Å². The van der Waals surface area contributed by atoms with Crippen LogP contribution in [-0.4, -0.2) is 46.7 Å². The van der Waals surface area contributed by atoms with Gasteiger partial charge in [-0.2, -0.15) is 0 Å². The topological polar surface area (TPSA) is 52.6 Å². The molecule has 1 fully saturated rings. The van der Waals surface area contributed by atoms with Gasteiger partial charge in [0.1, 0.15) is 0 Å². The van der Waals surface area contributed by atoms with Gasteiger partial charge >= 0.3 is 0 Å². The predicted molar refractivity (Wildman–Crippen MR) is 68.7 cm³/mol. The van der Waals surface area contributed by atoms with Gasteiger partial charge < -0.3 is 10.4 Å². The molecule has 1 rings (SSSR count). The zero-order valence-corrected chi connectivity index (χ0v) is 11.7. The van der Waals surface area contributed by atoms with E-state index in [9.17, 15) is 9.90 Å². The van der Waals surface area contributed by atoms with Crippen molar-refractivity contribution in [3.63, 3.8) is 0 Å². The first-order valence-corrected chi connectivity index (χ1v) is 6.45. The van der Waals surface area contributed by atoms with E-state index in [1.807, 2.05) is 27.7 Å². The van der Waals surface area contributed by atoms with Gasteiger partial charge in [-0.15, -0.1) is 0 Å². The van der Waals surface area contributed by atoms with Crippen LogP contribution in [0.15, 0.2) is 0 Å². The highest BCUT2D eigenvalue weighted by molar-refractivity contribution is 5.82. The summed E-state index contributed by atoms with van der Waals surface area (Å²) in [5.74, 6) is 0.509. The molecule has 0 aromatic carbocycles. The molecule has 4 heteroatoms. The first-order chi connectivity index (χ1) is 7.76. The van der Waals surface area contributed by atoms with Crippen LogP contribution >= 0.6 is 0 Å². The van der Waals surface area contributed by atoms with Crippen LogP contribution in [0.4, 0.5) is 0 Å². The van der Waals surface area contributed by atoms with Crippen LogP contribution in [0, 0.1) is 5.92 Å². The molecule has 0 aliphatic carbocycles. The van der Waals surface area contributed by atoms with E-state index in [0.717, 1.165) is 13.0 Å². The summed E-state index contributed by atoms with van der Waals surface area (Å²) in [5.41, 5.74) is -0.203. The SMILES string of the molecule is CC1CCN(C(C)C(=O)NC(C)(C)C)C1CO. The highest BCUT2D eigenvalue weighted by Gasteiger charge is 2.36.